The van der Waals surface area contributed by atoms with Gasteiger partial charge in [0.1, 0.15) is 58.4 Å². The van der Waals surface area contributed by atoms with Gasteiger partial charge in [-0.15, -0.1) is 0 Å². The number of hydrogen-bond donors (Lipinski definition) is 7. The molecule has 5 atom stereocenters. The Morgan fingerprint density at radius 3 is 2.19 bits per heavy atom. The highest BCUT2D eigenvalue weighted by atomic mass is 16.7. The first-order valence-electron chi connectivity index (χ1n) is 12.8. The van der Waals surface area contributed by atoms with E-state index in [0.717, 1.165) is 12.1 Å². The van der Waals surface area contributed by atoms with Crippen molar-refractivity contribution in [1.29, 1.82) is 0 Å². The molecule has 0 bridgehead atoms. The Bertz CT molecular complexity index is 1710. The maximum absolute atomic E-state index is 13.7. The van der Waals surface area contributed by atoms with Crippen molar-refractivity contribution in [2.75, 3.05) is 6.61 Å². The van der Waals surface area contributed by atoms with Crippen molar-refractivity contribution in [3.63, 3.8) is 0 Å². The largest absolute Gasteiger partial charge is 0.508 e. The number of fused-ring (bicyclic) bond motifs is 1. The second-order valence-corrected chi connectivity index (χ2v) is 9.61. The van der Waals surface area contributed by atoms with Crippen molar-refractivity contribution in [1.82, 2.24) is 0 Å². The van der Waals surface area contributed by atoms with Crippen LogP contribution in [0.2, 0.25) is 0 Å². The third kappa shape index (κ3) is 6.16. The van der Waals surface area contributed by atoms with E-state index in [4.69, 9.17) is 18.6 Å². The van der Waals surface area contributed by atoms with Crippen LogP contribution in [0.4, 0.5) is 0 Å². The molecule has 7 N–H and O–H groups in total. The topological polar surface area (TPSA) is 217 Å². The summed E-state index contributed by atoms with van der Waals surface area (Å²) in [5.41, 5.74) is -0.355. The van der Waals surface area contributed by atoms with Crippen molar-refractivity contribution in [3.8, 4) is 40.1 Å². The van der Waals surface area contributed by atoms with Crippen LogP contribution in [0.1, 0.15) is 5.56 Å². The van der Waals surface area contributed by atoms with Crippen LogP contribution in [0.5, 0.6) is 28.7 Å². The van der Waals surface area contributed by atoms with Crippen LogP contribution in [0.3, 0.4) is 0 Å². The number of carbonyl (C=O) groups excluding carboxylic acids is 1. The van der Waals surface area contributed by atoms with Crippen LogP contribution in [-0.4, -0.2) is 79.0 Å². The van der Waals surface area contributed by atoms with E-state index >= 15 is 0 Å². The lowest BCUT2D eigenvalue weighted by Gasteiger charge is -2.39. The number of aromatic hydroxyl groups is 3. The SMILES string of the molecule is O=C(/C=C/c1ccc(O)cc1)Oc1cc(O)c2c(=O)c(O[C@H]3O[C@H](CO)[C@@H](O)[C@H](O)[C@H]3O)c(-c3ccc(O)cc3)oc2c1. The van der Waals surface area contributed by atoms with Crippen molar-refractivity contribution < 1.29 is 59.2 Å². The van der Waals surface area contributed by atoms with E-state index in [0.29, 0.717) is 5.56 Å². The predicted octanol–water partition coefficient (Wildman–Crippen LogP) is 1.37. The average Bonchev–Trinajstić information content (AvgIpc) is 2.98. The van der Waals surface area contributed by atoms with Gasteiger partial charge in [0.25, 0.3) is 0 Å². The van der Waals surface area contributed by atoms with E-state index in [1.165, 1.54) is 48.5 Å². The standard InChI is InChI=1S/C30H26O13/c31-13-21-24(36)26(38)27(39)30(42-21)43-29-25(37)23-19(34)11-18(40-22(35)10-3-14-1-6-16(32)7-2-14)12-20(23)41-28(29)15-4-8-17(33)9-5-15/h1-12,21,24,26-27,30-34,36,38-39H,13H2/b10-3+/t21-,24-,26+,27-,30-/m1/s1. The van der Waals surface area contributed by atoms with E-state index < -0.39 is 60.2 Å². The summed E-state index contributed by atoms with van der Waals surface area (Å²) in [6.45, 7) is -0.742. The summed E-state index contributed by atoms with van der Waals surface area (Å²) in [7, 11) is 0. The van der Waals surface area contributed by atoms with Crippen LogP contribution < -0.4 is 14.9 Å². The number of esters is 1. The fourth-order valence-corrected chi connectivity index (χ4v) is 4.41. The molecule has 5 rings (SSSR count). The molecular formula is C30H26O13. The molecule has 1 aliphatic rings. The Morgan fingerprint density at radius 1 is 0.884 bits per heavy atom. The van der Waals surface area contributed by atoms with Gasteiger partial charge in [-0.05, 0) is 48.0 Å². The van der Waals surface area contributed by atoms with Gasteiger partial charge in [-0.3, -0.25) is 4.79 Å². The Hall–Kier alpha value is -4.92. The van der Waals surface area contributed by atoms with Gasteiger partial charge in [-0.25, -0.2) is 4.79 Å². The zero-order valence-corrected chi connectivity index (χ0v) is 22.1. The second-order valence-electron chi connectivity index (χ2n) is 9.61. The van der Waals surface area contributed by atoms with E-state index in [9.17, 15) is 45.3 Å². The molecule has 1 saturated heterocycles. The monoisotopic (exact) mass is 594 g/mol. The molecule has 0 saturated carbocycles. The molecule has 3 aromatic carbocycles. The third-order valence-corrected chi connectivity index (χ3v) is 6.64. The summed E-state index contributed by atoms with van der Waals surface area (Å²) in [6.07, 6.45) is -5.86. The van der Waals surface area contributed by atoms with Crippen LogP contribution >= 0.6 is 0 Å². The number of hydrogen-bond acceptors (Lipinski definition) is 13. The lowest BCUT2D eigenvalue weighted by molar-refractivity contribution is -0.277. The normalized spacial score (nSPS) is 22.1. The second kappa shape index (κ2) is 12.1. The van der Waals surface area contributed by atoms with Gasteiger partial charge in [0.2, 0.25) is 17.5 Å². The first-order chi connectivity index (χ1) is 20.5. The van der Waals surface area contributed by atoms with Crippen molar-refractivity contribution in [3.05, 3.63) is 82.5 Å². The van der Waals surface area contributed by atoms with Crippen LogP contribution in [0, 0.1) is 0 Å². The maximum atomic E-state index is 13.7. The molecule has 1 aliphatic heterocycles. The Balaban J connectivity index is 1.54. The fourth-order valence-electron chi connectivity index (χ4n) is 4.41. The molecule has 4 aromatic rings. The Labute approximate surface area is 242 Å². The summed E-state index contributed by atoms with van der Waals surface area (Å²) in [5.74, 6) is -2.50. The van der Waals surface area contributed by atoms with Gasteiger partial charge >= 0.3 is 5.97 Å². The van der Waals surface area contributed by atoms with Crippen molar-refractivity contribution in [2.45, 2.75) is 30.7 Å². The summed E-state index contributed by atoms with van der Waals surface area (Å²) in [6, 6.07) is 13.6. The number of benzene rings is 3. The molecule has 1 aromatic heterocycles. The molecule has 0 unspecified atom stereocenters. The van der Waals surface area contributed by atoms with Gasteiger partial charge in [-0.1, -0.05) is 12.1 Å². The minimum absolute atomic E-state index is 0.0567. The van der Waals surface area contributed by atoms with Gasteiger partial charge in [0.15, 0.2) is 5.76 Å². The van der Waals surface area contributed by atoms with Gasteiger partial charge in [0, 0.05) is 23.8 Å². The minimum atomic E-state index is -1.86. The Kier molecular flexibility index (Phi) is 8.34. The summed E-state index contributed by atoms with van der Waals surface area (Å²) in [5, 5.41) is 69.7. The molecule has 224 valence electrons. The van der Waals surface area contributed by atoms with E-state index in [2.05, 4.69) is 0 Å². The average molecular weight is 595 g/mol. The van der Waals surface area contributed by atoms with E-state index in [1.807, 2.05) is 0 Å². The number of ether oxygens (including phenoxy) is 3. The molecule has 43 heavy (non-hydrogen) atoms. The number of aliphatic hydroxyl groups excluding tert-OH is 4. The molecule has 13 heteroatoms. The molecule has 13 nitrogen and oxygen atoms in total. The zero-order chi connectivity index (χ0) is 30.8. The van der Waals surface area contributed by atoms with Crippen molar-refractivity contribution >= 4 is 23.0 Å². The molecule has 1 fully saturated rings. The third-order valence-electron chi connectivity index (χ3n) is 6.64. The van der Waals surface area contributed by atoms with Gasteiger partial charge in [0.05, 0.1) is 6.61 Å². The van der Waals surface area contributed by atoms with Crippen LogP contribution in [-0.2, 0) is 9.53 Å². The van der Waals surface area contributed by atoms with E-state index in [1.54, 1.807) is 12.1 Å². The number of aliphatic hydroxyl groups is 4. The highest BCUT2D eigenvalue weighted by Gasteiger charge is 2.45. The van der Waals surface area contributed by atoms with E-state index in [-0.39, 0.29) is 39.5 Å². The lowest BCUT2D eigenvalue weighted by atomic mass is 9.99. The molecular weight excluding hydrogens is 568 g/mol. The fraction of sp³-hybridized carbons (Fsp3) is 0.200. The van der Waals surface area contributed by atoms with Gasteiger partial charge in [-0.2, -0.15) is 0 Å². The summed E-state index contributed by atoms with van der Waals surface area (Å²) < 4.78 is 22.2. The number of phenolic OH excluding ortho intramolecular Hbond substituents is 3. The maximum Gasteiger partial charge on any atom is 0.336 e. The molecule has 0 aliphatic carbocycles. The highest BCUT2D eigenvalue weighted by molar-refractivity contribution is 5.91. The van der Waals surface area contributed by atoms with Gasteiger partial charge < -0.3 is 54.4 Å². The zero-order valence-electron chi connectivity index (χ0n) is 22.1. The quantitative estimate of drug-likeness (QED) is 0.0915. The lowest BCUT2D eigenvalue weighted by Crippen LogP contribution is -2.60. The first kappa shape index (κ1) is 29.6. The number of phenols is 3. The minimum Gasteiger partial charge on any atom is -0.508 e. The molecule has 0 spiro atoms. The van der Waals surface area contributed by atoms with Crippen LogP contribution in [0.25, 0.3) is 28.4 Å². The predicted molar refractivity (Wildman–Crippen MR) is 148 cm³/mol. The number of carbonyl (C=O) groups is 1. The smallest absolute Gasteiger partial charge is 0.336 e. The molecule has 2 heterocycles. The molecule has 0 radical (unpaired) electrons. The Morgan fingerprint density at radius 2 is 1.53 bits per heavy atom. The van der Waals surface area contributed by atoms with Crippen LogP contribution in [0.15, 0.2) is 76.0 Å². The summed E-state index contributed by atoms with van der Waals surface area (Å²) in [4.78, 5) is 26.1. The number of rotatable bonds is 7. The van der Waals surface area contributed by atoms with Crippen molar-refractivity contribution in [2.24, 2.45) is 0 Å². The molecule has 0 amide bonds. The summed E-state index contributed by atoms with van der Waals surface area (Å²) >= 11 is 0. The first-order valence-corrected chi connectivity index (χ1v) is 12.8. The highest BCUT2D eigenvalue weighted by Crippen LogP contribution is 2.37.